The lowest BCUT2D eigenvalue weighted by molar-refractivity contribution is 0.541. The molecule has 0 radical (unpaired) electrons. The van der Waals surface area contributed by atoms with Gasteiger partial charge in [-0.3, -0.25) is 4.98 Å². The number of aryl methyl sites for hydroxylation is 1. The van der Waals surface area contributed by atoms with Crippen molar-refractivity contribution in [1.29, 1.82) is 0 Å². The number of hydrogen-bond acceptors (Lipinski definition) is 2. The Morgan fingerprint density at radius 2 is 1.88 bits per heavy atom. The first-order valence-electron chi connectivity index (χ1n) is 8.02. The Balaban J connectivity index is 1.83. The van der Waals surface area contributed by atoms with Crippen LogP contribution in [0.3, 0.4) is 0 Å². The van der Waals surface area contributed by atoms with Crippen molar-refractivity contribution in [2.24, 2.45) is 7.05 Å². The highest BCUT2D eigenvalue weighted by Crippen LogP contribution is 2.41. The number of benzene rings is 1. The molecule has 3 aromatic rings. The van der Waals surface area contributed by atoms with E-state index in [-0.39, 0.29) is 12.1 Å². The van der Waals surface area contributed by atoms with Gasteiger partial charge in [0, 0.05) is 35.8 Å². The molecule has 1 saturated heterocycles. The fraction of sp³-hybridized carbons (Fsp3) is 0.158. The Labute approximate surface area is 157 Å². The second-order valence-corrected chi connectivity index (χ2v) is 6.84. The molecule has 0 spiro atoms. The maximum absolute atomic E-state index is 6.06. The number of rotatable bonds is 3. The molecule has 1 aliphatic rings. The van der Waals surface area contributed by atoms with Gasteiger partial charge < -0.3 is 14.8 Å². The third-order valence-electron chi connectivity index (χ3n) is 4.49. The van der Waals surface area contributed by atoms with E-state index in [1.54, 1.807) is 0 Å². The lowest BCUT2D eigenvalue weighted by Crippen LogP contribution is -2.30. The molecular weight excluding hydrogens is 352 g/mol. The Morgan fingerprint density at radius 1 is 1.08 bits per heavy atom. The Hall–Kier alpha value is -2.37. The van der Waals surface area contributed by atoms with Crippen molar-refractivity contribution in [2.45, 2.75) is 12.1 Å². The molecule has 3 heterocycles. The average molecular weight is 369 g/mol. The van der Waals surface area contributed by atoms with E-state index in [0.717, 1.165) is 17.1 Å². The van der Waals surface area contributed by atoms with Crippen LogP contribution in [0, 0.1) is 0 Å². The van der Waals surface area contributed by atoms with E-state index >= 15 is 0 Å². The lowest BCUT2D eigenvalue weighted by Gasteiger charge is -2.28. The van der Waals surface area contributed by atoms with E-state index in [1.807, 2.05) is 68.0 Å². The molecule has 1 N–H and O–H groups in total. The molecule has 0 amide bonds. The van der Waals surface area contributed by atoms with E-state index in [2.05, 4.69) is 25.8 Å². The highest BCUT2D eigenvalue weighted by atomic mass is 35.5. The normalized spacial score (nSPS) is 19.9. The molecule has 2 atom stereocenters. The van der Waals surface area contributed by atoms with Crippen molar-refractivity contribution in [3.05, 3.63) is 83.4 Å². The number of thiocarbonyl (C=S) groups is 1. The summed E-state index contributed by atoms with van der Waals surface area (Å²) in [6.07, 6.45) is 3.86. The van der Waals surface area contributed by atoms with Crippen LogP contribution in [0.1, 0.15) is 23.5 Å². The Kier molecular flexibility index (Phi) is 4.19. The summed E-state index contributed by atoms with van der Waals surface area (Å²) < 4.78 is 2.12. The van der Waals surface area contributed by atoms with Crippen LogP contribution in [0.2, 0.25) is 5.02 Å². The first-order valence-corrected chi connectivity index (χ1v) is 8.81. The Bertz CT molecular complexity index is 891. The van der Waals surface area contributed by atoms with Crippen molar-refractivity contribution < 1.29 is 0 Å². The van der Waals surface area contributed by atoms with Gasteiger partial charge in [0.2, 0.25) is 0 Å². The molecule has 1 fully saturated rings. The van der Waals surface area contributed by atoms with Gasteiger partial charge >= 0.3 is 0 Å². The molecule has 1 aliphatic heterocycles. The summed E-state index contributed by atoms with van der Waals surface area (Å²) in [5, 5.41) is 4.84. The smallest absolute Gasteiger partial charge is 0.174 e. The minimum atomic E-state index is -0.0296. The zero-order valence-electron chi connectivity index (χ0n) is 13.6. The van der Waals surface area contributed by atoms with Gasteiger partial charge in [-0.05, 0) is 60.7 Å². The van der Waals surface area contributed by atoms with E-state index in [1.165, 1.54) is 0 Å². The second kappa shape index (κ2) is 6.50. The summed E-state index contributed by atoms with van der Waals surface area (Å²) >= 11 is 11.7. The molecule has 0 unspecified atom stereocenters. The highest BCUT2D eigenvalue weighted by Gasteiger charge is 2.41. The van der Waals surface area contributed by atoms with Crippen molar-refractivity contribution in [3.63, 3.8) is 0 Å². The van der Waals surface area contributed by atoms with E-state index < -0.39 is 0 Å². The van der Waals surface area contributed by atoms with Crippen LogP contribution in [0.15, 0.2) is 67.0 Å². The van der Waals surface area contributed by atoms with Gasteiger partial charge in [0.25, 0.3) is 0 Å². The molecule has 2 aromatic heterocycles. The van der Waals surface area contributed by atoms with Crippen LogP contribution in [-0.2, 0) is 7.05 Å². The Morgan fingerprint density at radius 3 is 2.52 bits per heavy atom. The van der Waals surface area contributed by atoms with E-state index in [4.69, 9.17) is 23.8 Å². The zero-order valence-corrected chi connectivity index (χ0v) is 15.2. The van der Waals surface area contributed by atoms with Gasteiger partial charge in [0.1, 0.15) is 6.04 Å². The fourth-order valence-electron chi connectivity index (χ4n) is 3.32. The monoisotopic (exact) mass is 368 g/mol. The zero-order chi connectivity index (χ0) is 17.4. The lowest BCUT2D eigenvalue weighted by atomic mass is 10.0. The molecule has 0 bridgehead atoms. The van der Waals surface area contributed by atoms with Crippen molar-refractivity contribution in [3.8, 4) is 0 Å². The van der Waals surface area contributed by atoms with Gasteiger partial charge in [-0.15, -0.1) is 0 Å². The second-order valence-electron chi connectivity index (χ2n) is 6.02. The van der Waals surface area contributed by atoms with Crippen LogP contribution in [-0.4, -0.2) is 14.7 Å². The third-order valence-corrected chi connectivity index (χ3v) is 5.06. The number of aromatic nitrogens is 2. The highest BCUT2D eigenvalue weighted by molar-refractivity contribution is 7.80. The summed E-state index contributed by atoms with van der Waals surface area (Å²) in [6.45, 7) is 0. The SMILES string of the molecule is Cn1cccc1[C@H]1[C@H](c2ccccn2)NC(=S)N1c1ccc(Cl)cc1. The molecule has 4 rings (SSSR count). The third kappa shape index (κ3) is 2.90. The quantitative estimate of drug-likeness (QED) is 0.700. The largest absolute Gasteiger partial charge is 0.353 e. The van der Waals surface area contributed by atoms with Crippen molar-refractivity contribution in [1.82, 2.24) is 14.9 Å². The van der Waals surface area contributed by atoms with Crippen LogP contribution in [0.25, 0.3) is 0 Å². The summed E-state index contributed by atoms with van der Waals surface area (Å²) in [7, 11) is 2.05. The number of nitrogens with one attached hydrogen (secondary N) is 1. The molecule has 25 heavy (non-hydrogen) atoms. The molecule has 1 aromatic carbocycles. The van der Waals surface area contributed by atoms with Crippen molar-refractivity contribution in [2.75, 3.05) is 4.90 Å². The number of hydrogen-bond donors (Lipinski definition) is 1. The fourth-order valence-corrected chi connectivity index (χ4v) is 3.79. The van der Waals surface area contributed by atoms with Crippen LogP contribution in [0.4, 0.5) is 5.69 Å². The van der Waals surface area contributed by atoms with Gasteiger partial charge in [0.15, 0.2) is 5.11 Å². The number of anilines is 1. The average Bonchev–Trinajstić information content (AvgIpc) is 3.19. The van der Waals surface area contributed by atoms with Crippen molar-refractivity contribution >= 4 is 34.6 Å². The molecule has 0 saturated carbocycles. The minimum absolute atomic E-state index is 0.00331. The van der Waals surface area contributed by atoms with Gasteiger partial charge in [-0.25, -0.2) is 0 Å². The summed E-state index contributed by atoms with van der Waals surface area (Å²) in [4.78, 5) is 6.69. The predicted octanol–water partition coefficient (Wildman–Crippen LogP) is 4.25. The van der Waals surface area contributed by atoms with Gasteiger partial charge in [-0.2, -0.15) is 0 Å². The van der Waals surface area contributed by atoms with E-state index in [9.17, 15) is 0 Å². The molecule has 6 heteroatoms. The first-order chi connectivity index (χ1) is 12.1. The van der Waals surface area contributed by atoms with Gasteiger partial charge in [0.05, 0.1) is 11.7 Å². The molecule has 0 aliphatic carbocycles. The van der Waals surface area contributed by atoms with Gasteiger partial charge in [-0.1, -0.05) is 17.7 Å². The van der Waals surface area contributed by atoms with Crippen LogP contribution < -0.4 is 10.2 Å². The number of halogens is 1. The summed E-state index contributed by atoms with van der Waals surface area (Å²) in [5.74, 6) is 0. The first kappa shape index (κ1) is 16.1. The van der Waals surface area contributed by atoms with Crippen LogP contribution in [0.5, 0.6) is 0 Å². The maximum Gasteiger partial charge on any atom is 0.174 e. The standard InChI is InChI=1S/C19H17ClN4S/c1-23-12-4-6-16(23)18-17(15-5-2-3-11-21-15)22-19(25)24(18)14-9-7-13(20)8-10-14/h2-12,17-18H,1H3,(H,22,25)/t17-,18-/m0/s1. The van der Waals surface area contributed by atoms with Crippen LogP contribution >= 0.6 is 23.8 Å². The number of nitrogens with zero attached hydrogens (tertiary/aromatic N) is 3. The molecule has 4 nitrogen and oxygen atoms in total. The summed E-state index contributed by atoms with van der Waals surface area (Å²) in [5.41, 5.74) is 3.14. The maximum atomic E-state index is 6.06. The number of pyridine rings is 1. The molecular formula is C19H17ClN4S. The van der Waals surface area contributed by atoms with E-state index in [0.29, 0.717) is 10.1 Å². The topological polar surface area (TPSA) is 33.1 Å². The molecule has 126 valence electrons. The minimum Gasteiger partial charge on any atom is -0.353 e. The predicted molar refractivity (Wildman–Crippen MR) is 105 cm³/mol. The summed E-state index contributed by atoms with van der Waals surface area (Å²) in [6, 6.07) is 17.9.